The lowest BCUT2D eigenvalue weighted by Crippen LogP contribution is -2.50. The largest absolute Gasteiger partial charge is 0.494 e. The second-order valence-electron chi connectivity index (χ2n) is 8.46. The topological polar surface area (TPSA) is 148 Å². The van der Waals surface area contributed by atoms with Crippen molar-refractivity contribution in [3.63, 3.8) is 0 Å². The van der Waals surface area contributed by atoms with Crippen LogP contribution in [0.25, 0.3) is 11.4 Å². The first kappa shape index (κ1) is 25.2. The van der Waals surface area contributed by atoms with E-state index in [9.17, 15) is 9.59 Å². The van der Waals surface area contributed by atoms with Crippen molar-refractivity contribution >= 4 is 52.7 Å². The summed E-state index contributed by atoms with van der Waals surface area (Å²) in [6.45, 7) is 0.0436. The molecule has 0 fully saturated rings. The van der Waals surface area contributed by atoms with Crippen molar-refractivity contribution in [3.05, 3.63) is 36.3 Å². The summed E-state index contributed by atoms with van der Waals surface area (Å²) in [5, 5.41) is 22.9. The Kier molecular flexibility index (Phi) is 7.65. The molecule has 0 bridgehead atoms. The fraction of sp³-hybridized carbons (Fsp3) is 0.200. The number of hydrogen-bond acceptors (Lipinski definition) is 8. The Morgan fingerprint density at radius 3 is 2.63 bits per heavy atom. The lowest BCUT2D eigenvalue weighted by Gasteiger charge is -2.21. The average Bonchev–Trinajstić information content (AvgIpc) is 3.22. The molecule has 2 aromatic heterocycles. The van der Waals surface area contributed by atoms with Gasteiger partial charge in [-0.1, -0.05) is 12.0 Å². The molecule has 0 aliphatic carbocycles. The molecule has 0 atom stereocenters. The first-order valence-corrected chi connectivity index (χ1v) is 10.6. The van der Waals surface area contributed by atoms with Crippen LogP contribution in [0.15, 0.2) is 30.6 Å². The molecule has 4 N–H and O–H groups in total. The minimum absolute atomic E-state index is 0.0259. The first-order valence-electron chi connectivity index (χ1n) is 10.6. The van der Waals surface area contributed by atoms with Crippen molar-refractivity contribution in [2.45, 2.75) is 5.24 Å². The average molecular weight is 471 g/mol. The fourth-order valence-electron chi connectivity index (χ4n) is 3.05. The molecule has 176 valence electrons. The summed E-state index contributed by atoms with van der Waals surface area (Å²) >= 11 is 0. The van der Waals surface area contributed by atoms with Gasteiger partial charge in [0.1, 0.15) is 29.9 Å². The summed E-state index contributed by atoms with van der Waals surface area (Å²) in [4.78, 5) is 29.3. The number of hydrogen-bond donors (Lipinski definition) is 4. The van der Waals surface area contributed by atoms with Gasteiger partial charge in [0, 0.05) is 13.1 Å². The summed E-state index contributed by atoms with van der Waals surface area (Å²) in [6.07, 6.45) is 6.75. The molecule has 0 radical (unpaired) electrons. The number of nitrogens with zero attached hydrogens (tertiary/aromatic N) is 5. The summed E-state index contributed by atoms with van der Waals surface area (Å²) in [6, 6.07) is 6.32. The highest BCUT2D eigenvalue weighted by Crippen LogP contribution is 2.37. The number of aromatic nitrogens is 5. The van der Waals surface area contributed by atoms with E-state index < -0.39 is 17.2 Å². The lowest BCUT2D eigenvalue weighted by molar-refractivity contribution is 0.0947. The maximum Gasteiger partial charge on any atom is 0.321 e. The second kappa shape index (κ2) is 10.6. The van der Waals surface area contributed by atoms with Crippen LogP contribution < -0.4 is 26.0 Å². The monoisotopic (exact) mass is 471 g/mol. The molecule has 0 unspecified atom stereocenters. The third kappa shape index (κ3) is 6.54. The third-order valence-corrected chi connectivity index (χ3v) is 4.42. The van der Waals surface area contributed by atoms with E-state index >= 15 is 0 Å². The van der Waals surface area contributed by atoms with Gasteiger partial charge in [-0.3, -0.25) is 14.8 Å². The molecular formula is C20H24B3N9O3. The maximum absolute atomic E-state index is 13.0. The van der Waals surface area contributed by atoms with Gasteiger partial charge in [0.2, 0.25) is 0 Å². The van der Waals surface area contributed by atoms with Crippen LogP contribution >= 0.6 is 0 Å². The van der Waals surface area contributed by atoms with E-state index in [-0.39, 0.29) is 18.1 Å². The molecule has 12 nitrogen and oxygen atoms in total. The number of carbonyl (C=O) groups is 2. The number of rotatable bonds is 8. The molecule has 1 aromatic carbocycles. The molecule has 3 amide bonds. The van der Waals surface area contributed by atoms with E-state index in [2.05, 4.69) is 47.5 Å². The van der Waals surface area contributed by atoms with Gasteiger partial charge < -0.3 is 20.7 Å². The highest BCUT2D eigenvalue weighted by Gasteiger charge is 2.23. The van der Waals surface area contributed by atoms with Crippen LogP contribution in [0.3, 0.4) is 0 Å². The SMILES string of the molecule is BC(B)(B)NC(=O)c1nnc(NC(=O)NCC#C)cc1Nc1cccc(-c2ncn(C)n2)c1OC. The van der Waals surface area contributed by atoms with Gasteiger partial charge in [-0.25, -0.2) is 9.78 Å². The number of nitrogens with one attached hydrogen (secondary N) is 4. The van der Waals surface area contributed by atoms with Crippen LogP contribution in [0.1, 0.15) is 10.5 Å². The van der Waals surface area contributed by atoms with Gasteiger partial charge >= 0.3 is 6.03 Å². The Morgan fingerprint density at radius 2 is 2.00 bits per heavy atom. The molecular weight excluding hydrogens is 447 g/mol. The number of methoxy groups -OCH3 is 1. The number of amides is 3. The molecule has 0 saturated carbocycles. The highest BCUT2D eigenvalue weighted by molar-refractivity contribution is 6.60. The lowest BCUT2D eigenvalue weighted by atomic mass is 9.49. The van der Waals surface area contributed by atoms with Crippen molar-refractivity contribution in [2.24, 2.45) is 7.05 Å². The van der Waals surface area contributed by atoms with E-state index in [1.807, 2.05) is 29.6 Å². The van der Waals surface area contributed by atoms with Gasteiger partial charge in [0.15, 0.2) is 23.1 Å². The molecule has 2 heterocycles. The minimum atomic E-state index is -0.559. The Balaban J connectivity index is 2.02. The predicted octanol–water partition coefficient (Wildman–Crippen LogP) is -1.98. The van der Waals surface area contributed by atoms with Gasteiger partial charge in [-0.2, -0.15) is 5.10 Å². The molecule has 0 spiro atoms. The Morgan fingerprint density at radius 1 is 1.23 bits per heavy atom. The van der Waals surface area contributed by atoms with E-state index in [0.717, 1.165) is 0 Å². The van der Waals surface area contributed by atoms with Gasteiger partial charge in [0.25, 0.3) is 5.91 Å². The predicted molar refractivity (Wildman–Crippen MR) is 140 cm³/mol. The zero-order valence-electron chi connectivity index (χ0n) is 20.1. The summed E-state index contributed by atoms with van der Waals surface area (Å²) in [7, 11) is 8.84. The van der Waals surface area contributed by atoms with E-state index in [4.69, 9.17) is 11.2 Å². The maximum atomic E-state index is 13.0. The zero-order valence-corrected chi connectivity index (χ0v) is 20.1. The number of benzene rings is 1. The number of aryl methyl sites for hydroxylation is 1. The Labute approximate surface area is 205 Å². The number of ether oxygens (including phenoxy) is 1. The number of para-hydroxylation sites is 1. The van der Waals surface area contributed by atoms with Crippen molar-refractivity contribution < 1.29 is 14.3 Å². The smallest absolute Gasteiger partial charge is 0.321 e. The normalized spacial score (nSPS) is 10.7. The van der Waals surface area contributed by atoms with E-state index in [1.165, 1.54) is 13.2 Å². The number of anilines is 3. The number of carbonyl (C=O) groups excluding carboxylic acids is 2. The van der Waals surface area contributed by atoms with Crippen LogP contribution in [0, 0.1) is 12.3 Å². The standard InChI is InChI=1S/C20H24B3N9O3/c1-4-8-24-19(34)27-14-9-13(15(30-29-14)18(33)28-20(21,22)23)26-12-7-5-6-11(16(12)35-3)17-25-10-32(2)31-17/h1,5-7,9-10H,8,21-23H2,2-3H3,(H,28,33)(H3,24,26,27,29,34). The van der Waals surface area contributed by atoms with Crippen molar-refractivity contribution in [2.75, 3.05) is 24.3 Å². The van der Waals surface area contributed by atoms with Gasteiger partial charge in [-0.05, 0) is 17.4 Å². The van der Waals surface area contributed by atoms with Crippen LogP contribution in [0.4, 0.5) is 22.0 Å². The van der Waals surface area contributed by atoms with Crippen LogP contribution in [0.5, 0.6) is 5.75 Å². The first-order chi connectivity index (χ1) is 16.6. The number of urea groups is 1. The van der Waals surface area contributed by atoms with Gasteiger partial charge in [0.05, 0.1) is 30.6 Å². The van der Waals surface area contributed by atoms with Crippen molar-refractivity contribution in [1.82, 2.24) is 35.6 Å². The Hall–Kier alpha value is -4.47. The zero-order chi connectivity index (χ0) is 25.6. The van der Waals surface area contributed by atoms with Crippen LogP contribution in [-0.2, 0) is 7.05 Å². The highest BCUT2D eigenvalue weighted by atomic mass is 16.5. The summed E-state index contributed by atoms with van der Waals surface area (Å²) in [5.41, 5.74) is 1.49. The van der Waals surface area contributed by atoms with E-state index in [0.29, 0.717) is 28.5 Å². The molecule has 0 saturated heterocycles. The molecule has 3 aromatic rings. The van der Waals surface area contributed by atoms with Crippen molar-refractivity contribution in [1.29, 1.82) is 0 Å². The molecule has 15 heteroatoms. The molecule has 0 aliphatic rings. The second-order valence-corrected chi connectivity index (χ2v) is 8.46. The molecule has 3 rings (SSSR count). The molecule has 35 heavy (non-hydrogen) atoms. The summed E-state index contributed by atoms with van der Waals surface area (Å²) in [5.74, 6) is 2.90. The van der Waals surface area contributed by atoms with Crippen LogP contribution in [0.2, 0.25) is 0 Å². The minimum Gasteiger partial charge on any atom is -0.494 e. The van der Waals surface area contributed by atoms with Gasteiger partial charge in [-0.15, -0.1) is 16.6 Å². The summed E-state index contributed by atoms with van der Waals surface area (Å²) < 4.78 is 7.23. The quantitative estimate of drug-likeness (QED) is 0.219. The fourth-order valence-corrected chi connectivity index (χ4v) is 3.05. The van der Waals surface area contributed by atoms with Crippen LogP contribution in [-0.4, -0.2) is 79.3 Å². The third-order valence-electron chi connectivity index (χ3n) is 4.42. The van der Waals surface area contributed by atoms with E-state index in [1.54, 1.807) is 30.2 Å². The number of terminal acetylenes is 1. The molecule has 0 aliphatic heterocycles. The van der Waals surface area contributed by atoms with Crippen molar-refractivity contribution in [3.8, 4) is 29.5 Å². The Bertz CT molecular complexity index is 1280.